The van der Waals surface area contributed by atoms with Gasteiger partial charge in [-0.05, 0) is 48.9 Å². The third kappa shape index (κ3) is 3.23. The molecule has 3 unspecified atom stereocenters. The van der Waals surface area contributed by atoms with Crippen molar-refractivity contribution in [3.05, 3.63) is 64.1 Å². The van der Waals surface area contributed by atoms with Gasteiger partial charge in [-0.25, -0.2) is 8.42 Å². The quantitative estimate of drug-likeness (QED) is 0.704. The van der Waals surface area contributed by atoms with Crippen molar-refractivity contribution in [2.75, 3.05) is 13.2 Å². The van der Waals surface area contributed by atoms with E-state index in [9.17, 15) is 13.7 Å². The van der Waals surface area contributed by atoms with E-state index in [1.807, 2.05) is 6.92 Å². The lowest BCUT2D eigenvalue weighted by molar-refractivity contribution is 0.117. The van der Waals surface area contributed by atoms with E-state index in [2.05, 4.69) is 6.07 Å². The molecule has 0 amide bonds. The Balaban J connectivity index is 2.07. The zero-order valence-corrected chi connectivity index (χ0v) is 16.4. The summed E-state index contributed by atoms with van der Waals surface area (Å²) in [5.41, 5.74) is -0.416. The number of benzene rings is 2. The molecule has 2 aromatic carbocycles. The summed E-state index contributed by atoms with van der Waals surface area (Å²) in [6.45, 7) is 2.26. The first-order chi connectivity index (χ1) is 12.4. The SMILES string of the molecule is CCOCC1(C#N)C(c2cccc(Cl)c2)C1S(=O)(=O)c1ccc(Cl)cc1. The number of rotatable bonds is 6. The highest BCUT2D eigenvalue weighted by molar-refractivity contribution is 7.92. The van der Waals surface area contributed by atoms with Crippen molar-refractivity contribution in [1.29, 1.82) is 5.26 Å². The predicted octanol–water partition coefficient (Wildman–Crippen LogP) is 4.48. The fourth-order valence-electron chi connectivity index (χ4n) is 3.41. The third-order valence-corrected chi connectivity index (χ3v) is 7.47. The molecule has 1 saturated carbocycles. The largest absolute Gasteiger partial charge is 0.380 e. The van der Waals surface area contributed by atoms with E-state index >= 15 is 0 Å². The molecule has 7 heteroatoms. The number of ether oxygens (including phenoxy) is 1. The van der Waals surface area contributed by atoms with E-state index in [0.29, 0.717) is 16.7 Å². The molecule has 3 atom stereocenters. The van der Waals surface area contributed by atoms with Crippen LogP contribution in [0.15, 0.2) is 53.4 Å². The van der Waals surface area contributed by atoms with Crippen LogP contribution >= 0.6 is 23.2 Å². The molecule has 4 nitrogen and oxygen atoms in total. The summed E-state index contributed by atoms with van der Waals surface area (Å²) in [7, 11) is -3.75. The Kier molecular flexibility index (Phi) is 5.32. The van der Waals surface area contributed by atoms with Gasteiger partial charge in [-0.2, -0.15) is 5.26 Å². The van der Waals surface area contributed by atoms with Gasteiger partial charge in [-0.15, -0.1) is 0 Å². The molecule has 2 aromatic rings. The smallest absolute Gasteiger partial charge is 0.183 e. The van der Waals surface area contributed by atoms with Crippen molar-refractivity contribution < 1.29 is 13.2 Å². The fraction of sp³-hybridized carbons (Fsp3) is 0.316. The molecule has 0 saturated heterocycles. The molecule has 0 bridgehead atoms. The first-order valence-electron chi connectivity index (χ1n) is 8.10. The maximum atomic E-state index is 13.2. The summed E-state index contributed by atoms with van der Waals surface area (Å²) in [6, 6.07) is 15.2. The van der Waals surface area contributed by atoms with Gasteiger partial charge in [-0.1, -0.05) is 35.3 Å². The third-order valence-electron chi connectivity index (χ3n) is 4.69. The van der Waals surface area contributed by atoms with E-state index in [-0.39, 0.29) is 11.5 Å². The highest BCUT2D eigenvalue weighted by Gasteiger charge is 2.72. The Morgan fingerprint density at radius 3 is 2.42 bits per heavy atom. The minimum atomic E-state index is -3.75. The minimum absolute atomic E-state index is 0.0503. The number of nitriles is 1. The van der Waals surface area contributed by atoms with Crippen molar-refractivity contribution >= 4 is 33.0 Å². The summed E-state index contributed by atoms with van der Waals surface area (Å²) >= 11 is 11.9. The normalized spacial score (nSPS) is 24.8. The second-order valence-electron chi connectivity index (χ2n) is 6.24. The molecule has 0 heterocycles. The molecule has 26 heavy (non-hydrogen) atoms. The Hall–Kier alpha value is -1.58. The van der Waals surface area contributed by atoms with Gasteiger partial charge in [0.15, 0.2) is 9.84 Å². The second kappa shape index (κ2) is 7.21. The van der Waals surface area contributed by atoms with Gasteiger partial charge in [0.25, 0.3) is 0 Å². The first-order valence-corrected chi connectivity index (χ1v) is 10.4. The van der Waals surface area contributed by atoms with Gasteiger partial charge in [0, 0.05) is 22.6 Å². The molecule has 136 valence electrons. The first kappa shape index (κ1) is 19.2. The summed E-state index contributed by atoms with van der Waals surface area (Å²) in [5, 5.41) is 9.91. The fourth-order valence-corrected chi connectivity index (χ4v) is 6.05. The van der Waals surface area contributed by atoms with Crippen LogP contribution in [0.1, 0.15) is 18.4 Å². The molecular formula is C19H17Cl2NO3S. The standard InChI is InChI=1S/C19H17Cl2NO3S/c1-2-25-12-19(11-22)17(13-4-3-5-15(21)10-13)18(19)26(23,24)16-8-6-14(20)7-9-16/h3-10,17-18H,2,12H2,1H3. The molecule has 0 aliphatic heterocycles. The molecule has 1 aliphatic carbocycles. The highest BCUT2D eigenvalue weighted by Crippen LogP contribution is 2.64. The molecule has 3 rings (SSSR count). The lowest BCUT2D eigenvalue weighted by Crippen LogP contribution is -2.19. The topological polar surface area (TPSA) is 67.2 Å². The molecule has 0 spiro atoms. The van der Waals surface area contributed by atoms with Gasteiger partial charge >= 0.3 is 0 Å². The number of halogens is 2. The summed E-state index contributed by atoms with van der Waals surface area (Å²) in [5.74, 6) is -0.501. The Morgan fingerprint density at radius 1 is 1.15 bits per heavy atom. The van der Waals surface area contributed by atoms with Gasteiger partial charge in [0.2, 0.25) is 0 Å². The van der Waals surface area contributed by atoms with E-state index < -0.39 is 26.4 Å². The second-order valence-corrected chi connectivity index (χ2v) is 9.18. The van der Waals surface area contributed by atoms with Gasteiger partial charge < -0.3 is 4.74 Å². The van der Waals surface area contributed by atoms with Gasteiger partial charge in [0.1, 0.15) is 5.41 Å². The Bertz CT molecular complexity index is 953. The lowest BCUT2D eigenvalue weighted by Gasteiger charge is -2.10. The van der Waals surface area contributed by atoms with Gasteiger partial charge in [-0.3, -0.25) is 0 Å². The molecule has 1 fully saturated rings. The van der Waals surface area contributed by atoms with Crippen LogP contribution in [0.25, 0.3) is 0 Å². The van der Waals surface area contributed by atoms with Crippen molar-refractivity contribution in [2.45, 2.75) is 23.0 Å². The summed E-state index contributed by atoms with van der Waals surface area (Å²) < 4.78 is 31.9. The molecule has 0 N–H and O–H groups in total. The van der Waals surface area contributed by atoms with E-state index in [4.69, 9.17) is 27.9 Å². The van der Waals surface area contributed by atoms with Crippen LogP contribution < -0.4 is 0 Å². The molecular weight excluding hydrogens is 393 g/mol. The minimum Gasteiger partial charge on any atom is -0.380 e. The molecule has 0 aromatic heterocycles. The highest BCUT2D eigenvalue weighted by atomic mass is 35.5. The van der Waals surface area contributed by atoms with Crippen molar-refractivity contribution in [1.82, 2.24) is 0 Å². The lowest BCUT2D eigenvalue weighted by atomic mass is 10.0. The number of nitrogens with zero attached hydrogens (tertiary/aromatic N) is 1. The van der Waals surface area contributed by atoms with Crippen LogP contribution in [0.5, 0.6) is 0 Å². The average Bonchev–Trinajstić information content (AvgIpc) is 3.31. The number of sulfone groups is 1. The summed E-state index contributed by atoms with van der Waals surface area (Å²) in [4.78, 5) is 0.146. The monoisotopic (exact) mass is 409 g/mol. The number of hydrogen-bond acceptors (Lipinski definition) is 4. The molecule has 1 aliphatic rings. The molecule has 0 radical (unpaired) electrons. The average molecular weight is 410 g/mol. The number of hydrogen-bond donors (Lipinski definition) is 0. The van der Waals surface area contributed by atoms with E-state index in [1.54, 1.807) is 24.3 Å². The van der Waals surface area contributed by atoms with E-state index in [0.717, 1.165) is 5.56 Å². The van der Waals surface area contributed by atoms with Crippen molar-refractivity contribution in [3.8, 4) is 6.07 Å². The van der Waals surface area contributed by atoms with Gasteiger partial charge in [0.05, 0.1) is 22.8 Å². The summed E-state index contributed by atoms with van der Waals surface area (Å²) in [6.07, 6.45) is 0. The zero-order valence-electron chi connectivity index (χ0n) is 14.0. The predicted molar refractivity (Wildman–Crippen MR) is 101 cm³/mol. The van der Waals surface area contributed by atoms with Crippen LogP contribution in [-0.4, -0.2) is 26.9 Å². The zero-order chi connectivity index (χ0) is 18.9. The van der Waals surface area contributed by atoms with Crippen LogP contribution in [-0.2, 0) is 14.6 Å². The maximum absolute atomic E-state index is 13.2. The van der Waals surface area contributed by atoms with Crippen molar-refractivity contribution in [3.63, 3.8) is 0 Å². The maximum Gasteiger partial charge on any atom is 0.183 e. The Morgan fingerprint density at radius 2 is 1.85 bits per heavy atom. The van der Waals surface area contributed by atoms with E-state index in [1.165, 1.54) is 24.3 Å². The van der Waals surface area contributed by atoms with Crippen LogP contribution in [0.3, 0.4) is 0 Å². The van der Waals surface area contributed by atoms with Crippen LogP contribution in [0.4, 0.5) is 0 Å². The Labute approximate surface area is 163 Å². The van der Waals surface area contributed by atoms with Crippen molar-refractivity contribution in [2.24, 2.45) is 5.41 Å². The van der Waals surface area contributed by atoms with Crippen LogP contribution in [0.2, 0.25) is 10.0 Å². The van der Waals surface area contributed by atoms with Crippen LogP contribution in [0, 0.1) is 16.7 Å².